The molecule has 0 radical (unpaired) electrons. The zero-order valence-corrected chi connectivity index (χ0v) is 9.48. The molecule has 0 aromatic carbocycles. The summed E-state index contributed by atoms with van der Waals surface area (Å²) in [5.41, 5.74) is -0.0532. The number of rotatable bonds is 1. The number of hydrogen-bond donors (Lipinski definition) is 0. The van der Waals surface area contributed by atoms with Crippen molar-refractivity contribution in [3.63, 3.8) is 0 Å². The van der Waals surface area contributed by atoms with Crippen LogP contribution in [0.15, 0.2) is 0 Å². The third-order valence-electron chi connectivity index (χ3n) is 1.26. The zero-order chi connectivity index (χ0) is 10.2. The van der Waals surface area contributed by atoms with Crippen molar-refractivity contribution in [2.45, 2.75) is 17.9 Å². The quantitative estimate of drug-likeness (QED) is 0.705. The van der Waals surface area contributed by atoms with Crippen molar-refractivity contribution >= 4 is 38.9 Å². The maximum absolute atomic E-state index is 12.3. The third kappa shape index (κ3) is 2.57. The second kappa shape index (κ2) is 3.74. The van der Waals surface area contributed by atoms with E-state index in [1.807, 2.05) is 0 Å². The molecule has 0 spiro atoms. The molecule has 7 heteroatoms. The molecule has 74 valence electrons. The van der Waals surface area contributed by atoms with E-state index in [-0.39, 0.29) is 10.2 Å². The van der Waals surface area contributed by atoms with Crippen LogP contribution >= 0.6 is 38.9 Å². The van der Waals surface area contributed by atoms with E-state index in [1.54, 1.807) is 6.92 Å². The predicted molar refractivity (Wildman–Crippen MR) is 49.5 cm³/mol. The Balaban J connectivity index is 3.20. The van der Waals surface area contributed by atoms with E-state index < -0.39 is 15.9 Å². The second-order valence-corrected chi connectivity index (χ2v) is 5.25. The molecule has 1 atom stereocenters. The molecule has 0 aliphatic heterocycles. The number of aromatic nitrogens is 1. The lowest BCUT2D eigenvalue weighted by Gasteiger charge is -2.06. The molecule has 1 aromatic rings. The summed E-state index contributed by atoms with van der Waals surface area (Å²) in [7, 11) is 0. The largest absolute Gasteiger partial charge is 0.427 e. The Bertz CT molecular complexity index is 309. The molecule has 1 heterocycles. The first kappa shape index (κ1) is 11.3. The summed E-state index contributed by atoms with van der Waals surface area (Å²) in [5, 5.41) is 0. The van der Waals surface area contributed by atoms with Gasteiger partial charge in [-0.05, 0) is 6.92 Å². The smallest absolute Gasteiger partial charge is 0.228 e. The minimum Gasteiger partial charge on any atom is -0.228 e. The SMILES string of the molecule is CC(Br)c1nc(Cl)sc1C(F)(F)F. The van der Waals surface area contributed by atoms with Crippen LogP contribution in [0.1, 0.15) is 22.3 Å². The normalized spacial score (nSPS) is 14.6. The molecule has 0 aliphatic rings. The first-order valence-corrected chi connectivity index (χ1v) is 5.31. The van der Waals surface area contributed by atoms with Gasteiger partial charge in [0.2, 0.25) is 0 Å². The standard InChI is InChI=1S/C6H4BrClF3NS/c1-2(7)3-4(6(9,10)11)13-5(8)12-3/h2H,1H3. The zero-order valence-electron chi connectivity index (χ0n) is 6.32. The number of halogens is 5. The summed E-state index contributed by atoms with van der Waals surface area (Å²) in [6.07, 6.45) is -4.37. The molecule has 0 fully saturated rings. The Morgan fingerprint density at radius 2 is 2.08 bits per heavy atom. The van der Waals surface area contributed by atoms with Crippen molar-refractivity contribution in [3.05, 3.63) is 15.0 Å². The van der Waals surface area contributed by atoms with Gasteiger partial charge in [-0.2, -0.15) is 13.2 Å². The van der Waals surface area contributed by atoms with Crippen molar-refractivity contribution in [2.24, 2.45) is 0 Å². The summed E-state index contributed by atoms with van der Waals surface area (Å²) in [5.74, 6) is 0. The van der Waals surface area contributed by atoms with Crippen LogP contribution in [0.5, 0.6) is 0 Å². The van der Waals surface area contributed by atoms with Crippen LogP contribution in [0.25, 0.3) is 0 Å². The topological polar surface area (TPSA) is 12.9 Å². The van der Waals surface area contributed by atoms with Gasteiger partial charge in [0.1, 0.15) is 4.88 Å². The van der Waals surface area contributed by atoms with Crippen LogP contribution in [0.4, 0.5) is 13.2 Å². The maximum atomic E-state index is 12.3. The van der Waals surface area contributed by atoms with Gasteiger partial charge in [-0.15, -0.1) is 0 Å². The van der Waals surface area contributed by atoms with Crippen LogP contribution < -0.4 is 0 Å². The molecule has 0 aliphatic carbocycles. The number of thiazole rings is 1. The predicted octanol–water partition coefficient (Wildman–Crippen LogP) is 4.27. The van der Waals surface area contributed by atoms with E-state index in [0.717, 1.165) is 0 Å². The van der Waals surface area contributed by atoms with Gasteiger partial charge in [-0.3, -0.25) is 0 Å². The van der Waals surface area contributed by atoms with Gasteiger partial charge >= 0.3 is 6.18 Å². The summed E-state index contributed by atoms with van der Waals surface area (Å²) in [6.45, 7) is 1.57. The van der Waals surface area contributed by atoms with Crippen LogP contribution in [0, 0.1) is 0 Å². The highest BCUT2D eigenvalue weighted by molar-refractivity contribution is 9.09. The minimum atomic E-state index is -4.37. The van der Waals surface area contributed by atoms with E-state index in [0.29, 0.717) is 11.3 Å². The second-order valence-electron chi connectivity index (χ2n) is 2.29. The van der Waals surface area contributed by atoms with Crippen molar-refractivity contribution in [1.29, 1.82) is 0 Å². The highest BCUT2D eigenvalue weighted by atomic mass is 79.9. The molecule has 0 saturated heterocycles. The van der Waals surface area contributed by atoms with E-state index in [2.05, 4.69) is 20.9 Å². The molecular weight excluding hydrogens is 290 g/mol. The Morgan fingerprint density at radius 1 is 1.54 bits per heavy atom. The first-order chi connectivity index (χ1) is 5.82. The molecule has 13 heavy (non-hydrogen) atoms. The number of hydrogen-bond acceptors (Lipinski definition) is 2. The fourth-order valence-corrected chi connectivity index (χ4v) is 2.34. The molecule has 1 unspecified atom stereocenters. The summed E-state index contributed by atoms with van der Waals surface area (Å²) in [6, 6.07) is 0. The van der Waals surface area contributed by atoms with Gasteiger partial charge < -0.3 is 0 Å². The third-order valence-corrected chi connectivity index (χ3v) is 2.92. The van der Waals surface area contributed by atoms with E-state index in [4.69, 9.17) is 11.6 Å². The minimum absolute atomic E-state index is 0.0532. The van der Waals surface area contributed by atoms with Crippen molar-refractivity contribution in [1.82, 2.24) is 4.98 Å². The molecule has 1 rings (SSSR count). The Kier molecular flexibility index (Phi) is 3.24. The van der Waals surface area contributed by atoms with E-state index in [1.165, 1.54) is 0 Å². The first-order valence-electron chi connectivity index (χ1n) is 3.20. The lowest BCUT2D eigenvalue weighted by atomic mass is 10.3. The average molecular weight is 295 g/mol. The maximum Gasteiger partial charge on any atom is 0.427 e. The molecule has 0 saturated carbocycles. The molecule has 0 amide bonds. The van der Waals surface area contributed by atoms with Crippen molar-refractivity contribution < 1.29 is 13.2 Å². The van der Waals surface area contributed by atoms with Gasteiger partial charge in [0.15, 0.2) is 4.47 Å². The highest BCUT2D eigenvalue weighted by Crippen LogP contribution is 2.41. The van der Waals surface area contributed by atoms with Crippen molar-refractivity contribution in [2.75, 3.05) is 0 Å². The van der Waals surface area contributed by atoms with Gasteiger partial charge in [-0.25, -0.2) is 4.98 Å². The summed E-state index contributed by atoms with van der Waals surface area (Å²) in [4.78, 5) is 2.41. The molecule has 0 N–H and O–H groups in total. The fourth-order valence-electron chi connectivity index (χ4n) is 0.777. The number of alkyl halides is 4. The molecule has 1 nitrogen and oxygen atoms in total. The number of nitrogens with zero attached hydrogens (tertiary/aromatic N) is 1. The molecule has 0 bridgehead atoms. The van der Waals surface area contributed by atoms with Crippen LogP contribution in [0.3, 0.4) is 0 Å². The lowest BCUT2D eigenvalue weighted by molar-refractivity contribution is -0.135. The molecule has 1 aromatic heterocycles. The lowest BCUT2D eigenvalue weighted by Crippen LogP contribution is -2.06. The summed E-state index contributed by atoms with van der Waals surface area (Å²) < 4.78 is 36.8. The Morgan fingerprint density at radius 3 is 2.38 bits per heavy atom. The van der Waals surface area contributed by atoms with Crippen LogP contribution in [-0.4, -0.2) is 4.98 Å². The average Bonchev–Trinajstić information content (AvgIpc) is 2.29. The van der Waals surface area contributed by atoms with Crippen LogP contribution in [-0.2, 0) is 6.18 Å². The fraction of sp³-hybridized carbons (Fsp3) is 0.500. The Hall–Kier alpha value is 0.190. The highest BCUT2D eigenvalue weighted by Gasteiger charge is 2.37. The van der Waals surface area contributed by atoms with Gasteiger partial charge in [0, 0.05) is 0 Å². The van der Waals surface area contributed by atoms with Gasteiger partial charge in [-0.1, -0.05) is 38.9 Å². The van der Waals surface area contributed by atoms with Crippen LogP contribution in [0.2, 0.25) is 4.47 Å². The summed E-state index contributed by atoms with van der Waals surface area (Å²) >= 11 is 8.88. The van der Waals surface area contributed by atoms with Gasteiger partial charge in [0.05, 0.1) is 10.5 Å². The monoisotopic (exact) mass is 293 g/mol. The van der Waals surface area contributed by atoms with E-state index >= 15 is 0 Å². The van der Waals surface area contributed by atoms with Gasteiger partial charge in [0.25, 0.3) is 0 Å². The Labute approximate surface area is 90.1 Å². The van der Waals surface area contributed by atoms with E-state index in [9.17, 15) is 13.2 Å². The van der Waals surface area contributed by atoms with Crippen molar-refractivity contribution in [3.8, 4) is 0 Å². The molecular formula is C6H4BrClF3NS.